The van der Waals surface area contributed by atoms with Gasteiger partial charge in [0, 0.05) is 17.5 Å². The number of amides is 1. The molecule has 1 aliphatic rings. The molecule has 1 N–H and O–H groups in total. The van der Waals surface area contributed by atoms with Gasteiger partial charge in [-0.3, -0.25) is 4.79 Å². The molecule has 0 radical (unpaired) electrons. The second kappa shape index (κ2) is 6.24. The Morgan fingerprint density at radius 2 is 2.06 bits per heavy atom. The molecule has 0 heterocycles. The zero-order chi connectivity index (χ0) is 13.0. The van der Waals surface area contributed by atoms with Gasteiger partial charge in [0.25, 0.3) is 5.91 Å². The van der Waals surface area contributed by atoms with Crippen LogP contribution in [-0.4, -0.2) is 17.8 Å². The lowest BCUT2D eigenvalue weighted by Gasteiger charge is -2.31. The summed E-state index contributed by atoms with van der Waals surface area (Å²) >= 11 is 5.98. The zero-order valence-corrected chi connectivity index (χ0v) is 11.5. The van der Waals surface area contributed by atoms with Crippen LogP contribution in [0.25, 0.3) is 0 Å². The number of aryl methyl sites for hydroxylation is 1. The van der Waals surface area contributed by atoms with E-state index in [0.29, 0.717) is 11.8 Å². The van der Waals surface area contributed by atoms with Crippen LogP contribution in [0.3, 0.4) is 0 Å². The molecule has 1 aromatic carbocycles. The summed E-state index contributed by atoms with van der Waals surface area (Å²) in [6, 6.07) is 7.94. The molecular formula is C15H20ClNO. The van der Waals surface area contributed by atoms with Gasteiger partial charge in [0.05, 0.1) is 0 Å². The van der Waals surface area contributed by atoms with E-state index >= 15 is 0 Å². The molecule has 2 atom stereocenters. The van der Waals surface area contributed by atoms with Gasteiger partial charge in [0.1, 0.15) is 0 Å². The Hall–Kier alpha value is -1.02. The van der Waals surface area contributed by atoms with Gasteiger partial charge in [0.2, 0.25) is 0 Å². The maximum Gasteiger partial charge on any atom is 0.251 e. The minimum atomic E-state index is 0.0371. The van der Waals surface area contributed by atoms with Crippen LogP contribution in [0, 0.1) is 12.8 Å². The maximum absolute atomic E-state index is 12.2. The Morgan fingerprint density at radius 1 is 1.33 bits per heavy atom. The van der Waals surface area contributed by atoms with Gasteiger partial charge >= 0.3 is 0 Å². The highest BCUT2D eigenvalue weighted by Crippen LogP contribution is 2.25. The molecule has 18 heavy (non-hydrogen) atoms. The molecule has 1 fully saturated rings. The first-order valence-corrected chi connectivity index (χ1v) is 7.18. The van der Waals surface area contributed by atoms with Gasteiger partial charge in [-0.25, -0.2) is 0 Å². The quantitative estimate of drug-likeness (QED) is 0.833. The standard InChI is InChI=1S/C15H20ClNO/c1-11-6-2-4-8-13(11)15(18)17-14-9-5-3-7-12(14)10-16/h2,4,6,8,12,14H,3,5,7,9-10H2,1H3,(H,17,18). The third kappa shape index (κ3) is 3.05. The van der Waals surface area contributed by atoms with Crippen molar-refractivity contribution in [2.75, 3.05) is 5.88 Å². The van der Waals surface area contributed by atoms with Crippen molar-refractivity contribution in [1.29, 1.82) is 0 Å². The molecule has 0 saturated heterocycles. The SMILES string of the molecule is Cc1ccccc1C(=O)NC1CCCCC1CCl. The first-order valence-electron chi connectivity index (χ1n) is 6.65. The minimum absolute atomic E-state index is 0.0371. The number of nitrogens with one attached hydrogen (secondary N) is 1. The van der Waals surface area contributed by atoms with E-state index in [9.17, 15) is 4.79 Å². The molecule has 2 unspecified atom stereocenters. The second-order valence-electron chi connectivity index (χ2n) is 5.09. The van der Waals surface area contributed by atoms with Crippen LogP contribution >= 0.6 is 11.6 Å². The fourth-order valence-corrected chi connectivity index (χ4v) is 3.03. The van der Waals surface area contributed by atoms with Gasteiger partial charge < -0.3 is 5.32 Å². The molecule has 0 spiro atoms. The lowest BCUT2D eigenvalue weighted by atomic mass is 9.85. The van der Waals surface area contributed by atoms with E-state index in [4.69, 9.17) is 11.6 Å². The molecule has 0 aliphatic heterocycles. The van der Waals surface area contributed by atoms with Gasteiger partial charge in [-0.2, -0.15) is 0 Å². The van der Waals surface area contributed by atoms with E-state index in [1.54, 1.807) is 0 Å². The summed E-state index contributed by atoms with van der Waals surface area (Å²) in [6.07, 6.45) is 4.59. The number of benzene rings is 1. The van der Waals surface area contributed by atoms with Crippen LogP contribution in [0.5, 0.6) is 0 Å². The summed E-state index contributed by atoms with van der Waals surface area (Å²) in [7, 11) is 0. The Kier molecular flexibility index (Phi) is 4.65. The van der Waals surface area contributed by atoms with Gasteiger partial charge in [-0.05, 0) is 37.3 Å². The van der Waals surface area contributed by atoms with Gasteiger partial charge in [-0.15, -0.1) is 11.6 Å². The van der Waals surface area contributed by atoms with E-state index < -0.39 is 0 Å². The zero-order valence-electron chi connectivity index (χ0n) is 10.8. The molecule has 1 amide bonds. The summed E-state index contributed by atoms with van der Waals surface area (Å²) in [5.41, 5.74) is 1.80. The molecule has 1 aromatic rings. The summed E-state index contributed by atoms with van der Waals surface area (Å²) in [4.78, 5) is 12.2. The lowest BCUT2D eigenvalue weighted by Crippen LogP contribution is -2.43. The Morgan fingerprint density at radius 3 is 2.78 bits per heavy atom. The van der Waals surface area contributed by atoms with Gasteiger partial charge in [-0.1, -0.05) is 31.0 Å². The van der Waals surface area contributed by atoms with Crippen molar-refractivity contribution in [3.8, 4) is 0 Å². The fourth-order valence-electron chi connectivity index (χ4n) is 2.66. The van der Waals surface area contributed by atoms with Crippen molar-refractivity contribution < 1.29 is 4.79 Å². The normalized spacial score (nSPS) is 23.7. The third-order valence-electron chi connectivity index (χ3n) is 3.81. The van der Waals surface area contributed by atoms with Crippen LogP contribution in [0.4, 0.5) is 0 Å². The highest BCUT2D eigenvalue weighted by atomic mass is 35.5. The van der Waals surface area contributed by atoms with Crippen LogP contribution < -0.4 is 5.32 Å². The predicted molar refractivity (Wildman–Crippen MR) is 75.1 cm³/mol. The van der Waals surface area contributed by atoms with Crippen molar-refractivity contribution in [3.05, 3.63) is 35.4 Å². The molecule has 3 heteroatoms. The van der Waals surface area contributed by atoms with Crippen molar-refractivity contribution in [1.82, 2.24) is 5.32 Å². The summed E-state index contributed by atoms with van der Waals surface area (Å²) in [5.74, 6) is 1.10. The summed E-state index contributed by atoms with van der Waals surface area (Å²) in [5, 5.41) is 3.15. The molecular weight excluding hydrogens is 246 g/mol. The topological polar surface area (TPSA) is 29.1 Å². The molecule has 2 rings (SSSR count). The third-order valence-corrected chi connectivity index (χ3v) is 4.21. The Labute approximate surface area is 114 Å². The number of hydrogen-bond acceptors (Lipinski definition) is 1. The largest absolute Gasteiger partial charge is 0.349 e. The van der Waals surface area contributed by atoms with Crippen LogP contribution in [0.15, 0.2) is 24.3 Å². The molecule has 1 aliphatic carbocycles. The van der Waals surface area contributed by atoms with E-state index in [2.05, 4.69) is 5.32 Å². The van der Waals surface area contributed by atoms with Crippen molar-refractivity contribution in [2.45, 2.75) is 38.6 Å². The fraction of sp³-hybridized carbons (Fsp3) is 0.533. The number of carbonyl (C=O) groups excluding carboxylic acids is 1. The van der Waals surface area contributed by atoms with Crippen LogP contribution in [0.1, 0.15) is 41.6 Å². The van der Waals surface area contributed by atoms with Crippen LogP contribution in [0.2, 0.25) is 0 Å². The highest BCUT2D eigenvalue weighted by Gasteiger charge is 2.26. The first-order chi connectivity index (χ1) is 8.72. The summed E-state index contributed by atoms with van der Waals surface area (Å²) in [6.45, 7) is 1.97. The van der Waals surface area contributed by atoms with E-state index in [1.807, 2.05) is 31.2 Å². The van der Waals surface area contributed by atoms with E-state index in [0.717, 1.165) is 24.0 Å². The van der Waals surface area contributed by atoms with Gasteiger partial charge in [0.15, 0.2) is 0 Å². The molecule has 1 saturated carbocycles. The smallest absolute Gasteiger partial charge is 0.251 e. The number of alkyl halides is 1. The second-order valence-corrected chi connectivity index (χ2v) is 5.40. The van der Waals surface area contributed by atoms with Crippen molar-refractivity contribution in [2.24, 2.45) is 5.92 Å². The number of hydrogen-bond donors (Lipinski definition) is 1. The molecule has 0 aromatic heterocycles. The van der Waals surface area contributed by atoms with Crippen molar-refractivity contribution >= 4 is 17.5 Å². The van der Waals surface area contributed by atoms with E-state index in [-0.39, 0.29) is 11.9 Å². The summed E-state index contributed by atoms with van der Waals surface area (Å²) < 4.78 is 0. The molecule has 2 nitrogen and oxygen atoms in total. The average molecular weight is 266 g/mol. The number of rotatable bonds is 3. The van der Waals surface area contributed by atoms with Crippen LogP contribution in [-0.2, 0) is 0 Å². The predicted octanol–water partition coefficient (Wildman–Crippen LogP) is 3.52. The minimum Gasteiger partial charge on any atom is -0.349 e. The molecule has 0 bridgehead atoms. The first kappa shape index (κ1) is 13.4. The average Bonchev–Trinajstić information content (AvgIpc) is 2.39. The maximum atomic E-state index is 12.2. The highest BCUT2D eigenvalue weighted by molar-refractivity contribution is 6.18. The number of carbonyl (C=O) groups is 1. The Balaban J connectivity index is 2.04. The van der Waals surface area contributed by atoms with Crippen molar-refractivity contribution in [3.63, 3.8) is 0 Å². The monoisotopic (exact) mass is 265 g/mol. The Bertz CT molecular complexity index is 419. The molecule has 98 valence electrons. The number of halogens is 1. The van der Waals surface area contributed by atoms with E-state index in [1.165, 1.54) is 12.8 Å². The lowest BCUT2D eigenvalue weighted by molar-refractivity contribution is 0.0910.